The van der Waals surface area contributed by atoms with Crippen molar-refractivity contribution in [2.24, 2.45) is 0 Å². The van der Waals surface area contributed by atoms with E-state index in [0.29, 0.717) is 17.1 Å². The van der Waals surface area contributed by atoms with Crippen molar-refractivity contribution in [2.45, 2.75) is 44.8 Å². The van der Waals surface area contributed by atoms with Gasteiger partial charge in [-0.1, -0.05) is 6.07 Å². The standard InChI is InChI=1S/C18H19BrF3N3O2/c1-10-3-6-13(27-2)12(9-10)23-14(26)7-8-25-16(11-4-5-11)15(19)17(24-25)18(20,21)22/h3,6,9,11H,4-5,7-8H2,1-2H3,(H,23,26). The summed E-state index contributed by atoms with van der Waals surface area (Å²) in [7, 11) is 1.50. The smallest absolute Gasteiger partial charge is 0.436 e. The second-order valence-electron chi connectivity index (χ2n) is 6.54. The second-order valence-corrected chi connectivity index (χ2v) is 7.34. The quantitative estimate of drug-likeness (QED) is 0.688. The number of hydrogen-bond donors (Lipinski definition) is 1. The first-order valence-electron chi connectivity index (χ1n) is 8.48. The van der Waals surface area contributed by atoms with E-state index in [4.69, 9.17) is 4.74 Å². The van der Waals surface area contributed by atoms with Gasteiger partial charge in [0.25, 0.3) is 0 Å². The van der Waals surface area contributed by atoms with Crippen molar-refractivity contribution in [3.63, 3.8) is 0 Å². The minimum absolute atomic E-state index is 0.00222. The Balaban J connectivity index is 1.73. The van der Waals surface area contributed by atoms with Crippen LogP contribution in [0.5, 0.6) is 5.75 Å². The van der Waals surface area contributed by atoms with Crippen LogP contribution in [0.4, 0.5) is 18.9 Å². The van der Waals surface area contributed by atoms with Gasteiger partial charge in [-0.25, -0.2) is 0 Å². The van der Waals surface area contributed by atoms with E-state index in [0.717, 1.165) is 18.4 Å². The molecule has 1 heterocycles. The van der Waals surface area contributed by atoms with E-state index >= 15 is 0 Å². The highest BCUT2D eigenvalue weighted by atomic mass is 79.9. The molecule has 0 bridgehead atoms. The van der Waals surface area contributed by atoms with Gasteiger partial charge in [0.15, 0.2) is 5.69 Å². The van der Waals surface area contributed by atoms with Gasteiger partial charge in [-0.2, -0.15) is 18.3 Å². The average molecular weight is 446 g/mol. The van der Waals surface area contributed by atoms with Crippen LogP contribution in [0.25, 0.3) is 0 Å². The van der Waals surface area contributed by atoms with Gasteiger partial charge in [-0.15, -0.1) is 0 Å². The minimum atomic E-state index is -4.54. The maximum atomic E-state index is 13.1. The Morgan fingerprint density at radius 3 is 2.70 bits per heavy atom. The molecule has 0 atom stereocenters. The molecular weight excluding hydrogens is 427 g/mol. The fourth-order valence-corrected chi connectivity index (χ4v) is 3.72. The molecule has 3 rings (SSSR count). The van der Waals surface area contributed by atoms with Gasteiger partial charge in [0.2, 0.25) is 5.91 Å². The van der Waals surface area contributed by atoms with E-state index in [2.05, 4.69) is 26.3 Å². The molecule has 2 aromatic rings. The highest BCUT2D eigenvalue weighted by molar-refractivity contribution is 9.10. The van der Waals surface area contributed by atoms with Crippen LogP contribution in [0.3, 0.4) is 0 Å². The van der Waals surface area contributed by atoms with Crippen LogP contribution < -0.4 is 10.1 Å². The van der Waals surface area contributed by atoms with Gasteiger partial charge in [0, 0.05) is 12.3 Å². The number of hydrogen-bond acceptors (Lipinski definition) is 3. The predicted octanol–water partition coefficient (Wildman–Crippen LogP) is 4.89. The summed E-state index contributed by atoms with van der Waals surface area (Å²) in [5.41, 5.74) is 1.06. The molecule has 1 aromatic carbocycles. The van der Waals surface area contributed by atoms with E-state index in [1.165, 1.54) is 11.8 Å². The van der Waals surface area contributed by atoms with Gasteiger partial charge >= 0.3 is 6.18 Å². The number of aryl methyl sites for hydroxylation is 2. The molecule has 1 fully saturated rings. The summed E-state index contributed by atoms with van der Waals surface area (Å²) in [5, 5.41) is 6.46. The Labute approximate surface area is 163 Å². The average Bonchev–Trinajstić information content (AvgIpc) is 3.35. The van der Waals surface area contributed by atoms with Crippen molar-refractivity contribution in [3.8, 4) is 5.75 Å². The number of carbonyl (C=O) groups is 1. The molecule has 146 valence electrons. The number of carbonyl (C=O) groups excluding carboxylic acids is 1. The van der Waals surface area contributed by atoms with Crippen molar-refractivity contribution in [2.75, 3.05) is 12.4 Å². The number of anilines is 1. The fourth-order valence-electron chi connectivity index (χ4n) is 2.89. The Hall–Kier alpha value is -2.03. The molecule has 27 heavy (non-hydrogen) atoms. The van der Waals surface area contributed by atoms with Crippen LogP contribution >= 0.6 is 15.9 Å². The second kappa shape index (κ2) is 7.53. The van der Waals surface area contributed by atoms with Crippen molar-refractivity contribution in [1.29, 1.82) is 0 Å². The zero-order chi connectivity index (χ0) is 19.8. The van der Waals surface area contributed by atoms with Crippen molar-refractivity contribution in [3.05, 3.63) is 39.6 Å². The highest BCUT2D eigenvalue weighted by Crippen LogP contribution is 2.47. The zero-order valence-electron chi connectivity index (χ0n) is 14.9. The van der Waals surface area contributed by atoms with Crippen LogP contribution in [0.15, 0.2) is 22.7 Å². The third-order valence-corrected chi connectivity index (χ3v) is 5.13. The number of nitrogens with one attached hydrogen (secondary N) is 1. The van der Waals surface area contributed by atoms with Crippen LogP contribution in [0, 0.1) is 6.92 Å². The Morgan fingerprint density at radius 2 is 2.11 bits per heavy atom. The van der Waals surface area contributed by atoms with Crippen LogP contribution in [-0.4, -0.2) is 22.8 Å². The molecule has 1 saturated carbocycles. The highest BCUT2D eigenvalue weighted by Gasteiger charge is 2.41. The summed E-state index contributed by atoms with van der Waals surface area (Å²) in [4.78, 5) is 12.3. The molecule has 1 aliphatic rings. The lowest BCUT2D eigenvalue weighted by Gasteiger charge is -2.12. The number of methoxy groups -OCH3 is 1. The number of benzene rings is 1. The molecule has 1 aliphatic carbocycles. The summed E-state index contributed by atoms with van der Waals surface area (Å²) in [6.45, 7) is 1.96. The van der Waals surface area contributed by atoms with Gasteiger partial charge < -0.3 is 10.1 Å². The first-order chi connectivity index (χ1) is 12.7. The molecule has 1 N–H and O–H groups in total. The fraction of sp³-hybridized carbons (Fsp3) is 0.444. The van der Waals surface area contributed by atoms with Gasteiger partial charge in [0.1, 0.15) is 5.75 Å². The number of rotatable bonds is 6. The Bertz CT molecular complexity index is 860. The summed E-state index contributed by atoms with van der Waals surface area (Å²) in [5.74, 6) is 0.262. The van der Waals surface area contributed by atoms with Crippen molar-refractivity contribution >= 4 is 27.5 Å². The topological polar surface area (TPSA) is 56.1 Å². The lowest BCUT2D eigenvalue weighted by Crippen LogP contribution is -2.17. The largest absolute Gasteiger partial charge is 0.495 e. The third-order valence-electron chi connectivity index (χ3n) is 4.34. The molecule has 0 spiro atoms. The first-order valence-corrected chi connectivity index (χ1v) is 9.28. The number of nitrogens with zero attached hydrogens (tertiary/aromatic N) is 2. The Kier molecular flexibility index (Phi) is 5.50. The number of halogens is 4. The molecule has 0 saturated heterocycles. The van der Waals surface area contributed by atoms with Crippen LogP contribution in [0.1, 0.15) is 42.1 Å². The predicted molar refractivity (Wildman–Crippen MR) is 97.9 cm³/mol. The van der Waals surface area contributed by atoms with E-state index in [1.54, 1.807) is 12.1 Å². The molecule has 0 unspecified atom stereocenters. The normalized spacial score (nSPS) is 14.3. The molecular formula is C18H19BrF3N3O2. The molecule has 5 nitrogen and oxygen atoms in total. The van der Waals surface area contributed by atoms with Gasteiger partial charge in [-0.3, -0.25) is 9.48 Å². The summed E-state index contributed by atoms with van der Waals surface area (Å²) >= 11 is 3.05. The molecule has 1 aromatic heterocycles. The van der Waals surface area contributed by atoms with Gasteiger partial charge in [0.05, 0.1) is 29.5 Å². The first kappa shape index (κ1) is 19.7. The SMILES string of the molecule is COc1ccc(C)cc1NC(=O)CCn1nc(C(F)(F)F)c(Br)c1C1CC1. The lowest BCUT2D eigenvalue weighted by molar-refractivity contribution is -0.142. The number of amides is 1. The molecule has 9 heteroatoms. The summed E-state index contributed by atoms with van der Waals surface area (Å²) in [6, 6.07) is 5.38. The minimum Gasteiger partial charge on any atom is -0.495 e. The molecule has 1 amide bonds. The van der Waals surface area contributed by atoms with E-state index in [9.17, 15) is 18.0 Å². The van der Waals surface area contributed by atoms with Gasteiger partial charge in [-0.05, 0) is 53.4 Å². The van der Waals surface area contributed by atoms with E-state index in [1.807, 2.05) is 13.0 Å². The van der Waals surface area contributed by atoms with E-state index < -0.39 is 11.9 Å². The van der Waals surface area contributed by atoms with Crippen molar-refractivity contribution < 1.29 is 22.7 Å². The number of aromatic nitrogens is 2. The summed E-state index contributed by atoms with van der Waals surface area (Å²) < 4.78 is 45.9. The van der Waals surface area contributed by atoms with Crippen LogP contribution in [0.2, 0.25) is 0 Å². The maximum absolute atomic E-state index is 13.1. The van der Waals surface area contributed by atoms with Crippen molar-refractivity contribution in [1.82, 2.24) is 9.78 Å². The monoisotopic (exact) mass is 445 g/mol. The number of ether oxygens (including phenoxy) is 1. The molecule has 0 radical (unpaired) electrons. The Morgan fingerprint density at radius 1 is 1.41 bits per heavy atom. The number of alkyl halides is 3. The lowest BCUT2D eigenvalue weighted by atomic mass is 10.2. The third kappa shape index (κ3) is 4.45. The molecule has 0 aliphatic heterocycles. The maximum Gasteiger partial charge on any atom is 0.436 e. The summed E-state index contributed by atoms with van der Waals surface area (Å²) in [6.07, 6.45) is -2.88. The van der Waals surface area contributed by atoms with Crippen LogP contribution in [-0.2, 0) is 17.5 Å². The van der Waals surface area contributed by atoms with E-state index in [-0.39, 0.29) is 29.3 Å². The zero-order valence-corrected chi connectivity index (χ0v) is 16.4.